The average molecular weight is 203 g/mol. The zero-order valence-corrected chi connectivity index (χ0v) is 10.3. The van der Waals surface area contributed by atoms with Crippen LogP contribution in [-0.2, 0) is 0 Å². The molecule has 0 radical (unpaired) electrons. The molecule has 1 atom stereocenters. The van der Waals surface area contributed by atoms with Crippen molar-refractivity contribution in [3.05, 3.63) is 0 Å². The summed E-state index contributed by atoms with van der Waals surface area (Å²) in [6, 6.07) is 0.710. The van der Waals surface area contributed by atoms with Crippen LogP contribution in [0.1, 0.15) is 46.5 Å². The normalized spacial score (nSPS) is 13.2. The minimum absolute atomic E-state index is 0.710. The van der Waals surface area contributed by atoms with Gasteiger partial charge in [-0.3, -0.25) is 0 Å². The van der Waals surface area contributed by atoms with Crippen molar-refractivity contribution in [1.82, 2.24) is 5.32 Å². The van der Waals surface area contributed by atoms with E-state index in [1.807, 2.05) is 0 Å². The zero-order valence-electron chi connectivity index (χ0n) is 9.44. The molecule has 0 aliphatic carbocycles. The molecule has 0 fully saturated rings. The molecular formula is C11H25NS. The third kappa shape index (κ3) is 10.2. The second-order valence-electron chi connectivity index (χ2n) is 3.61. The summed E-state index contributed by atoms with van der Waals surface area (Å²) in [5.41, 5.74) is 0. The summed E-state index contributed by atoms with van der Waals surface area (Å²) in [5.74, 6) is 2.67. The van der Waals surface area contributed by atoms with Gasteiger partial charge in [-0.2, -0.15) is 11.8 Å². The van der Waals surface area contributed by atoms with E-state index in [0.29, 0.717) is 6.04 Å². The number of nitrogens with one attached hydrogen (secondary N) is 1. The minimum Gasteiger partial charge on any atom is -0.314 e. The van der Waals surface area contributed by atoms with Gasteiger partial charge in [0.05, 0.1) is 0 Å². The van der Waals surface area contributed by atoms with E-state index in [4.69, 9.17) is 0 Å². The Kier molecular flexibility index (Phi) is 10.6. The fourth-order valence-corrected chi connectivity index (χ4v) is 2.09. The summed E-state index contributed by atoms with van der Waals surface area (Å²) in [5, 5.41) is 3.51. The Morgan fingerprint density at radius 2 is 1.92 bits per heavy atom. The summed E-state index contributed by atoms with van der Waals surface area (Å²) in [6.45, 7) is 7.93. The molecule has 1 nitrogen and oxygen atoms in total. The lowest BCUT2D eigenvalue weighted by atomic mass is 10.2. The first-order chi connectivity index (χ1) is 6.31. The quantitative estimate of drug-likeness (QED) is 0.577. The second kappa shape index (κ2) is 10.4. The molecule has 1 unspecified atom stereocenters. The van der Waals surface area contributed by atoms with Crippen molar-refractivity contribution in [1.29, 1.82) is 0 Å². The maximum absolute atomic E-state index is 3.51. The molecule has 1 N–H and O–H groups in total. The Hall–Kier alpha value is 0.310. The molecule has 0 saturated carbocycles. The molecule has 0 amide bonds. The SMILES string of the molecule is CCCNC(C)CCCSCCC. The first-order valence-electron chi connectivity index (χ1n) is 5.62. The smallest absolute Gasteiger partial charge is 0.00390 e. The van der Waals surface area contributed by atoms with Gasteiger partial charge in [0.1, 0.15) is 0 Å². The lowest BCUT2D eigenvalue weighted by Gasteiger charge is -2.12. The van der Waals surface area contributed by atoms with Gasteiger partial charge in [0.25, 0.3) is 0 Å². The molecule has 0 bridgehead atoms. The molecule has 0 heterocycles. The fraction of sp³-hybridized carbons (Fsp3) is 1.00. The van der Waals surface area contributed by atoms with Gasteiger partial charge in [-0.1, -0.05) is 13.8 Å². The molecule has 0 aromatic carbocycles. The highest BCUT2D eigenvalue weighted by Crippen LogP contribution is 2.07. The van der Waals surface area contributed by atoms with Crippen LogP contribution in [0.15, 0.2) is 0 Å². The van der Waals surface area contributed by atoms with E-state index < -0.39 is 0 Å². The molecule has 13 heavy (non-hydrogen) atoms. The molecule has 80 valence electrons. The van der Waals surface area contributed by atoms with Crippen LogP contribution in [-0.4, -0.2) is 24.1 Å². The van der Waals surface area contributed by atoms with Crippen LogP contribution in [0.5, 0.6) is 0 Å². The van der Waals surface area contributed by atoms with Crippen molar-refractivity contribution in [2.75, 3.05) is 18.1 Å². The van der Waals surface area contributed by atoms with Gasteiger partial charge >= 0.3 is 0 Å². The van der Waals surface area contributed by atoms with E-state index in [1.165, 1.54) is 43.7 Å². The molecule has 2 heteroatoms. The van der Waals surface area contributed by atoms with Gasteiger partial charge in [0, 0.05) is 6.04 Å². The highest BCUT2D eigenvalue weighted by Gasteiger charge is 1.98. The zero-order chi connectivity index (χ0) is 9.94. The number of hydrogen-bond acceptors (Lipinski definition) is 2. The predicted octanol–water partition coefficient (Wildman–Crippen LogP) is 3.30. The Morgan fingerprint density at radius 3 is 2.54 bits per heavy atom. The fourth-order valence-electron chi connectivity index (χ4n) is 1.23. The van der Waals surface area contributed by atoms with Crippen LogP contribution in [0, 0.1) is 0 Å². The molecule has 0 rings (SSSR count). The van der Waals surface area contributed by atoms with Crippen LogP contribution in [0.4, 0.5) is 0 Å². The standard InChI is InChI=1S/C11H25NS/c1-4-8-12-11(3)7-6-10-13-9-5-2/h11-12H,4-10H2,1-3H3. The van der Waals surface area contributed by atoms with Gasteiger partial charge in [0.2, 0.25) is 0 Å². The summed E-state index contributed by atoms with van der Waals surface area (Å²) in [6.07, 6.45) is 5.25. The summed E-state index contributed by atoms with van der Waals surface area (Å²) < 4.78 is 0. The Labute approximate surface area is 88.1 Å². The van der Waals surface area contributed by atoms with Crippen LogP contribution >= 0.6 is 11.8 Å². The molecule has 0 aliphatic rings. The molecule has 0 aromatic rings. The summed E-state index contributed by atoms with van der Waals surface area (Å²) in [4.78, 5) is 0. The Bertz CT molecular complexity index is 96.1. The van der Waals surface area contributed by atoms with Crippen molar-refractivity contribution in [3.63, 3.8) is 0 Å². The van der Waals surface area contributed by atoms with Crippen LogP contribution in [0.2, 0.25) is 0 Å². The van der Waals surface area contributed by atoms with Gasteiger partial charge in [0.15, 0.2) is 0 Å². The summed E-state index contributed by atoms with van der Waals surface area (Å²) >= 11 is 2.09. The van der Waals surface area contributed by atoms with E-state index in [-0.39, 0.29) is 0 Å². The van der Waals surface area contributed by atoms with E-state index in [1.54, 1.807) is 0 Å². The summed E-state index contributed by atoms with van der Waals surface area (Å²) in [7, 11) is 0. The van der Waals surface area contributed by atoms with Gasteiger partial charge in [-0.15, -0.1) is 0 Å². The van der Waals surface area contributed by atoms with Gasteiger partial charge in [-0.05, 0) is 50.7 Å². The highest BCUT2D eigenvalue weighted by atomic mass is 32.2. The van der Waals surface area contributed by atoms with E-state index >= 15 is 0 Å². The monoisotopic (exact) mass is 203 g/mol. The van der Waals surface area contributed by atoms with Crippen LogP contribution in [0.25, 0.3) is 0 Å². The lowest BCUT2D eigenvalue weighted by molar-refractivity contribution is 0.510. The van der Waals surface area contributed by atoms with Gasteiger partial charge < -0.3 is 5.32 Å². The third-order valence-electron chi connectivity index (χ3n) is 2.02. The Morgan fingerprint density at radius 1 is 1.15 bits per heavy atom. The predicted molar refractivity (Wildman–Crippen MR) is 64.6 cm³/mol. The minimum atomic E-state index is 0.710. The van der Waals surface area contributed by atoms with Crippen molar-refractivity contribution >= 4 is 11.8 Å². The van der Waals surface area contributed by atoms with Crippen molar-refractivity contribution in [2.45, 2.75) is 52.5 Å². The molecule has 0 spiro atoms. The van der Waals surface area contributed by atoms with E-state index in [2.05, 4.69) is 37.8 Å². The highest BCUT2D eigenvalue weighted by molar-refractivity contribution is 7.99. The molecule has 0 aliphatic heterocycles. The second-order valence-corrected chi connectivity index (χ2v) is 4.83. The number of thioether (sulfide) groups is 1. The molecule has 0 saturated heterocycles. The largest absolute Gasteiger partial charge is 0.314 e. The van der Waals surface area contributed by atoms with Gasteiger partial charge in [-0.25, -0.2) is 0 Å². The van der Waals surface area contributed by atoms with Crippen molar-refractivity contribution in [3.8, 4) is 0 Å². The average Bonchev–Trinajstić information content (AvgIpc) is 2.14. The third-order valence-corrected chi connectivity index (χ3v) is 3.29. The maximum Gasteiger partial charge on any atom is 0.00390 e. The lowest BCUT2D eigenvalue weighted by Crippen LogP contribution is -2.26. The van der Waals surface area contributed by atoms with Crippen LogP contribution in [0.3, 0.4) is 0 Å². The first kappa shape index (κ1) is 13.3. The topological polar surface area (TPSA) is 12.0 Å². The van der Waals surface area contributed by atoms with E-state index in [0.717, 1.165) is 0 Å². The number of rotatable bonds is 9. The molecule has 0 aromatic heterocycles. The van der Waals surface area contributed by atoms with E-state index in [9.17, 15) is 0 Å². The van der Waals surface area contributed by atoms with Crippen LogP contribution < -0.4 is 5.32 Å². The first-order valence-corrected chi connectivity index (χ1v) is 6.77. The Balaban J connectivity index is 3.03. The maximum atomic E-state index is 3.51. The molecular weight excluding hydrogens is 178 g/mol. The van der Waals surface area contributed by atoms with Crippen molar-refractivity contribution in [2.24, 2.45) is 0 Å². The number of hydrogen-bond donors (Lipinski definition) is 1. The van der Waals surface area contributed by atoms with Crippen molar-refractivity contribution < 1.29 is 0 Å².